The van der Waals surface area contributed by atoms with Gasteiger partial charge >= 0.3 is 0 Å². The predicted octanol–water partition coefficient (Wildman–Crippen LogP) is 6.69. The van der Waals surface area contributed by atoms with Gasteiger partial charge in [0.1, 0.15) is 0 Å². The monoisotopic (exact) mass is 334 g/mol. The summed E-state index contributed by atoms with van der Waals surface area (Å²) in [5, 5.41) is 0. The van der Waals surface area contributed by atoms with E-state index in [-0.39, 0.29) is 0 Å². The third-order valence-corrected chi connectivity index (χ3v) is 4.69. The van der Waals surface area contributed by atoms with Gasteiger partial charge in [-0.15, -0.1) is 0 Å². The average Bonchev–Trinajstić information content (AvgIpc) is 2.62. The van der Waals surface area contributed by atoms with Crippen molar-refractivity contribution in [1.82, 2.24) is 0 Å². The number of rotatable bonds is 14. The van der Waals surface area contributed by atoms with Crippen LogP contribution in [0.15, 0.2) is 30.3 Å². The Hall–Kier alpha value is -0.860. The number of unbranched alkanes of at least 4 members (excludes halogenated alkanes) is 5. The topological polar surface area (TPSA) is 18.5 Å². The Bertz CT molecular complexity index is 404. The van der Waals surface area contributed by atoms with Crippen molar-refractivity contribution in [3.63, 3.8) is 0 Å². The number of benzene rings is 1. The van der Waals surface area contributed by atoms with Crippen LogP contribution in [0.25, 0.3) is 0 Å². The molecule has 0 saturated carbocycles. The second-order valence-electron chi connectivity index (χ2n) is 6.77. The normalized spacial score (nSPS) is 15.2. The third kappa shape index (κ3) is 6.57. The molecule has 24 heavy (non-hydrogen) atoms. The first kappa shape index (κ1) is 21.2. The van der Waals surface area contributed by atoms with E-state index >= 15 is 0 Å². The maximum atomic E-state index is 6.34. The van der Waals surface area contributed by atoms with Crippen molar-refractivity contribution in [2.24, 2.45) is 5.92 Å². The van der Waals surface area contributed by atoms with Gasteiger partial charge in [0.05, 0.1) is 6.61 Å². The molecular formula is C22H38O2. The summed E-state index contributed by atoms with van der Waals surface area (Å²) in [5.74, 6) is -0.257. The first-order valence-electron chi connectivity index (χ1n) is 10.0. The first-order valence-corrected chi connectivity index (χ1v) is 10.0. The van der Waals surface area contributed by atoms with E-state index in [0.717, 1.165) is 25.0 Å². The van der Waals surface area contributed by atoms with Crippen molar-refractivity contribution in [3.05, 3.63) is 35.9 Å². The highest BCUT2D eigenvalue weighted by molar-refractivity contribution is 5.21. The van der Waals surface area contributed by atoms with E-state index in [1.807, 2.05) is 0 Å². The van der Waals surface area contributed by atoms with Crippen molar-refractivity contribution in [1.29, 1.82) is 0 Å². The Kier molecular flexibility index (Phi) is 11.0. The van der Waals surface area contributed by atoms with E-state index in [2.05, 4.69) is 58.0 Å². The largest absolute Gasteiger partial charge is 0.346 e. The van der Waals surface area contributed by atoms with Gasteiger partial charge in [-0.3, -0.25) is 0 Å². The summed E-state index contributed by atoms with van der Waals surface area (Å²) in [7, 11) is 0. The van der Waals surface area contributed by atoms with Gasteiger partial charge in [0.25, 0.3) is 0 Å². The van der Waals surface area contributed by atoms with Gasteiger partial charge in [0, 0.05) is 18.1 Å². The first-order chi connectivity index (χ1) is 11.7. The van der Waals surface area contributed by atoms with E-state index < -0.39 is 5.79 Å². The Balaban J connectivity index is 2.75. The van der Waals surface area contributed by atoms with E-state index in [1.54, 1.807) is 0 Å². The minimum absolute atomic E-state index is 0.345. The molecule has 0 aliphatic carbocycles. The van der Waals surface area contributed by atoms with Crippen LogP contribution in [0.4, 0.5) is 0 Å². The van der Waals surface area contributed by atoms with Gasteiger partial charge in [-0.2, -0.15) is 0 Å². The Morgan fingerprint density at radius 1 is 0.833 bits per heavy atom. The lowest BCUT2D eigenvalue weighted by Gasteiger charge is -2.39. The summed E-state index contributed by atoms with van der Waals surface area (Å²) in [6.07, 6.45) is 10.1. The van der Waals surface area contributed by atoms with Crippen molar-refractivity contribution < 1.29 is 9.47 Å². The van der Waals surface area contributed by atoms with E-state index in [0.29, 0.717) is 12.5 Å². The van der Waals surface area contributed by atoms with Gasteiger partial charge in [-0.05, 0) is 19.8 Å². The summed E-state index contributed by atoms with van der Waals surface area (Å²) in [6, 6.07) is 10.5. The van der Waals surface area contributed by atoms with Crippen molar-refractivity contribution in [2.75, 3.05) is 13.2 Å². The molecule has 1 rings (SSSR count). The molecule has 0 aliphatic heterocycles. The van der Waals surface area contributed by atoms with E-state index in [4.69, 9.17) is 9.47 Å². The minimum Gasteiger partial charge on any atom is -0.346 e. The standard InChI is InChI=1S/C22H38O2/c1-5-8-9-10-11-13-16-20(4)22(23-7-3,24-19-6-2)21-17-14-12-15-18-21/h12,14-15,17-18,20H,5-11,13,16,19H2,1-4H3. The lowest BCUT2D eigenvalue weighted by molar-refractivity contribution is -0.274. The molecule has 2 nitrogen and oxygen atoms in total. The van der Waals surface area contributed by atoms with Crippen LogP contribution in [0.1, 0.15) is 84.6 Å². The highest BCUT2D eigenvalue weighted by Gasteiger charge is 2.39. The van der Waals surface area contributed by atoms with E-state index in [9.17, 15) is 0 Å². The van der Waals surface area contributed by atoms with Crippen LogP contribution in [0.3, 0.4) is 0 Å². The molecule has 1 aromatic carbocycles. The molecule has 0 heterocycles. The summed E-state index contributed by atoms with van der Waals surface area (Å²) < 4.78 is 12.6. The fourth-order valence-electron chi connectivity index (χ4n) is 3.34. The minimum atomic E-state index is -0.602. The van der Waals surface area contributed by atoms with Crippen LogP contribution in [0.5, 0.6) is 0 Å². The zero-order valence-electron chi connectivity index (χ0n) is 16.4. The van der Waals surface area contributed by atoms with Crippen LogP contribution in [-0.4, -0.2) is 13.2 Å². The molecule has 0 amide bonds. The molecule has 2 heteroatoms. The summed E-state index contributed by atoms with van der Waals surface area (Å²) in [6.45, 7) is 10.2. The summed E-state index contributed by atoms with van der Waals surface area (Å²) >= 11 is 0. The Labute approximate surface area is 149 Å². The van der Waals surface area contributed by atoms with Crippen molar-refractivity contribution in [2.45, 2.75) is 84.8 Å². The van der Waals surface area contributed by atoms with Crippen LogP contribution in [-0.2, 0) is 15.3 Å². The van der Waals surface area contributed by atoms with Crippen LogP contribution in [0.2, 0.25) is 0 Å². The smallest absolute Gasteiger partial charge is 0.197 e. The molecule has 0 aliphatic rings. The third-order valence-electron chi connectivity index (χ3n) is 4.69. The maximum Gasteiger partial charge on any atom is 0.197 e. The second kappa shape index (κ2) is 12.5. The van der Waals surface area contributed by atoms with Gasteiger partial charge in [-0.25, -0.2) is 0 Å². The zero-order valence-corrected chi connectivity index (χ0v) is 16.4. The highest BCUT2D eigenvalue weighted by Crippen LogP contribution is 2.38. The van der Waals surface area contributed by atoms with Crippen LogP contribution < -0.4 is 0 Å². The summed E-state index contributed by atoms with van der Waals surface area (Å²) in [5.41, 5.74) is 1.15. The quantitative estimate of drug-likeness (QED) is 0.279. The lowest BCUT2D eigenvalue weighted by atomic mass is 9.88. The lowest BCUT2D eigenvalue weighted by Crippen LogP contribution is -2.40. The predicted molar refractivity (Wildman–Crippen MR) is 103 cm³/mol. The fourth-order valence-corrected chi connectivity index (χ4v) is 3.34. The van der Waals surface area contributed by atoms with Crippen molar-refractivity contribution in [3.8, 4) is 0 Å². The van der Waals surface area contributed by atoms with Gasteiger partial charge in [0.15, 0.2) is 5.79 Å². The molecule has 0 fully saturated rings. The summed E-state index contributed by atoms with van der Waals surface area (Å²) in [4.78, 5) is 0. The molecule has 138 valence electrons. The van der Waals surface area contributed by atoms with Crippen molar-refractivity contribution >= 4 is 0 Å². The van der Waals surface area contributed by atoms with Gasteiger partial charge < -0.3 is 9.47 Å². The highest BCUT2D eigenvalue weighted by atomic mass is 16.7. The maximum absolute atomic E-state index is 6.34. The molecule has 0 N–H and O–H groups in total. The number of hydrogen-bond acceptors (Lipinski definition) is 2. The average molecular weight is 335 g/mol. The van der Waals surface area contributed by atoms with Gasteiger partial charge in [-0.1, -0.05) is 89.6 Å². The Morgan fingerprint density at radius 2 is 1.50 bits per heavy atom. The van der Waals surface area contributed by atoms with Crippen LogP contribution in [0, 0.1) is 5.92 Å². The molecule has 0 radical (unpaired) electrons. The molecule has 2 atom stereocenters. The van der Waals surface area contributed by atoms with Crippen LogP contribution >= 0.6 is 0 Å². The SMILES string of the molecule is CCCCCCCCC(C)C(OCC)(OCCC)c1ccccc1. The Morgan fingerprint density at radius 3 is 2.12 bits per heavy atom. The number of ether oxygens (including phenoxy) is 2. The molecule has 0 bridgehead atoms. The molecular weight excluding hydrogens is 296 g/mol. The second-order valence-corrected chi connectivity index (χ2v) is 6.77. The molecule has 0 aromatic heterocycles. The number of hydrogen-bond donors (Lipinski definition) is 0. The van der Waals surface area contributed by atoms with E-state index in [1.165, 1.54) is 38.5 Å². The fraction of sp³-hybridized carbons (Fsp3) is 0.727. The molecule has 0 saturated heterocycles. The molecule has 2 unspecified atom stereocenters. The van der Waals surface area contributed by atoms with Gasteiger partial charge in [0.2, 0.25) is 0 Å². The molecule has 0 spiro atoms. The molecule has 1 aromatic rings. The zero-order chi connectivity index (χ0) is 17.7.